The molecule has 0 unspecified atom stereocenters. The summed E-state index contributed by atoms with van der Waals surface area (Å²) >= 11 is 8.71. The van der Waals surface area contributed by atoms with Crippen molar-refractivity contribution in [2.45, 2.75) is 232 Å². The number of aromatic hydroxyl groups is 2. The van der Waals surface area contributed by atoms with Crippen molar-refractivity contribution in [2.24, 2.45) is 57.3 Å². The van der Waals surface area contributed by atoms with Crippen LogP contribution in [0.1, 0.15) is 145 Å². The molecule has 0 bridgehead atoms. The number of nitrogens with zero attached hydrogens (tertiary/aromatic N) is 1. The van der Waals surface area contributed by atoms with E-state index in [1.165, 1.54) is 53.4 Å². The van der Waals surface area contributed by atoms with E-state index in [-0.39, 0.29) is 222 Å². The van der Waals surface area contributed by atoms with E-state index in [1.807, 2.05) is 18.2 Å². The molecule has 143 heavy (non-hydrogen) atoms. The summed E-state index contributed by atoms with van der Waals surface area (Å²) in [6.45, 7) is 0.358. The Labute approximate surface area is 838 Å². The molecule has 1 heterocycles. The molecular formula is C90H143N33O18S2. The molecule has 44 N–H and O–H groups in total. The minimum Gasteiger partial charge on any atom is -0.508 e. The number of nitrogens with two attached hydrogens (primary N) is 10. The Hall–Kier alpha value is -14.5. The standard InChI is InChI=1S/C90H143N33O18S2/c91-35-5-3-17-59(113-73(128)62(22-11-41-109-89(103)140)115-78(133)65(45-50-26-31-55(124)32-27-50)119-82(137)69(49-143)122-80(135)67(47-52-25-30-53-14-1-2-15-54(53)44-52)118-76(131)60(20-9-39-107-87(99)100)112-72(127)57(93)16-7-37-105-85(95)96)75(130)117-64(18-4-6-36-92)84(139)123-43-13-24-70(123)83(138)120-66(46-51-28-33-56(125)34-29-51)79(134)116-61(21-10-40-108-88(101)102)74(129)114-63(23-12-42-110-90(104)141)77(132)121-68(48-142)81(136)111-58(71(94)126)19-8-38-106-86(97)98/h1-2,14-15,25-34,44,57-70,124-125,142-143H,3-13,16-24,35-43,45-49,91-93H2,(H2,94,126)(H,111,136)(H,112,127)(H,113,128)(H,114,129)(H,115,133)(H,116,134)(H,117,130)(H,118,131)(H,119,137)(H,120,138)(H,121,132)(H,122,135)(H4,95,96,105)(H4,97,98,106)(H4,99,100,107)(H4,101,102,108)(H3,103,109,140)(H3,104,110,141)/t57-,58-,59-,60-,61-,62-,63-,64-,65-,66-,67-,68-,69-,70-/m0/s1. The topological polar surface area (TPSA) is 889 Å². The molecule has 788 valence electrons. The maximum absolute atomic E-state index is 15.4. The Morgan fingerprint density at radius 3 is 1.00 bits per heavy atom. The quantitative estimate of drug-likeness (QED) is 0.00845. The number of primary amides is 3. The van der Waals surface area contributed by atoms with Crippen molar-refractivity contribution in [1.29, 1.82) is 21.6 Å². The molecule has 4 aromatic rings. The number of carbonyl (C=O) groups excluding carboxylic acids is 16. The van der Waals surface area contributed by atoms with Gasteiger partial charge in [0, 0.05) is 76.6 Å². The number of guanidine groups is 4. The molecule has 1 fully saturated rings. The van der Waals surface area contributed by atoms with Crippen LogP contribution >= 0.6 is 25.3 Å². The van der Waals surface area contributed by atoms with Crippen molar-refractivity contribution in [3.05, 3.63) is 108 Å². The summed E-state index contributed by atoms with van der Waals surface area (Å²) in [6, 6.07) is 1.24. The number of phenols is 2. The van der Waals surface area contributed by atoms with E-state index in [0.717, 1.165) is 10.8 Å². The van der Waals surface area contributed by atoms with Gasteiger partial charge in [-0.15, -0.1) is 0 Å². The second-order valence-electron chi connectivity index (χ2n) is 34.3. The molecule has 0 aromatic heterocycles. The Bertz CT molecular complexity index is 4940. The molecule has 4 aromatic carbocycles. The summed E-state index contributed by atoms with van der Waals surface area (Å²) < 4.78 is 0. The Balaban J connectivity index is 1.47. The fraction of sp³-hybridized carbons (Fsp3) is 0.533. The van der Waals surface area contributed by atoms with Crippen molar-refractivity contribution in [1.82, 2.24) is 101 Å². The highest BCUT2D eigenvalue weighted by molar-refractivity contribution is 7.80. The van der Waals surface area contributed by atoms with Crippen molar-refractivity contribution < 1.29 is 86.9 Å². The van der Waals surface area contributed by atoms with Gasteiger partial charge in [-0.1, -0.05) is 66.7 Å². The molecular weight excluding hydrogens is 1900 g/mol. The smallest absolute Gasteiger partial charge is 0.312 e. The summed E-state index contributed by atoms with van der Waals surface area (Å²) in [5, 5.41) is 99.8. The summed E-state index contributed by atoms with van der Waals surface area (Å²) in [5.41, 5.74) is 57.7. The molecule has 18 amide bonds. The van der Waals surface area contributed by atoms with Crippen LogP contribution in [0.25, 0.3) is 10.8 Å². The number of likely N-dealkylation sites (tertiary alicyclic amines) is 1. The molecule has 0 aliphatic carbocycles. The van der Waals surface area contributed by atoms with E-state index in [4.69, 9.17) is 79.0 Å². The zero-order valence-electron chi connectivity index (χ0n) is 79.8. The normalized spacial score (nSPS) is 14.8. The lowest BCUT2D eigenvalue weighted by Crippen LogP contribution is -2.61. The first kappa shape index (κ1) is 119. The number of nitrogens with one attached hydrogen (secondary N) is 22. The van der Waals surface area contributed by atoms with Gasteiger partial charge in [0.25, 0.3) is 0 Å². The van der Waals surface area contributed by atoms with Gasteiger partial charge in [0.05, 0.1) is 6.04 Å². The number of amides is 18. The average Bonchev–Trinajstić information content (AvgIpc) is 1.45. The van der Waals surface area contributed by atoms with Gasteiger partial charge in [-0.05, 0) is 193 Å². The predicted molar refractivity (Wildman–Crippen MR) is 540 cm³/mol. The second kappa shape index (κ2) is 64.1. The molecule has 5 rings (SSSR count). The third-order valence-electron chi connectivity index (χ3n) is 22.9. The number of carbonyl (C=O) groups is 16. The number of urea groups is 2. The van der Waals surface area contributed by atoms with Gasteiger partial charge in [0.15, 0.2) is 23.8 Å². The van der Waals surface area contributed by atoms with E-state index >= 15 is 28.8 Å². The van der Waals surface area contributed by atoms with Crippen LogP contribution in [0.15, 0.2) is 91.0 Å². The first-order valence-electron chi connectivity index (χ1n) is 47.2. The summed E-state index contributed by atoms with van der Waals surface area (Å²) in [7, 11) is 0. The first-order chi connectivity index (χ1) is 68.1. The average molecular weight is 2040 g/mol. The van der Waals surface area contributed by atoms with Crippen LogP contribution in [0.4, 0.5) is 9.59 Å². The van der Waals surface area contributed by atoms with Gasteiger partial charge in [-0.3, -0.25) is 88.8 Å². The van der Waals surface area contributed by atoms with E-state index in [9.17, 15) is 58.2 Å². The van der Waals surface area contributed by atoms with Crippen LogP contribution in [0.3, 0.4) is 0 Å². The third kappa shape index (κ3) is 44.9. The van der Waals surface area contributed by atoms with E-state index < -0.39 is 191 Å². The van der Waals surface area contributed by atoms with Gasteiger partial charge in [0.1, 0.15) is 90.0 Å². The maximum atomic E-state index is 15.4. The van der Waals surface area contributed by atoms with E-state index in [1.54, 1.807) is 24.3 Å². The predicted octanol–water partition coefficient (Wildman–Crippen LogP) is -7.03. The third-order valence-corrected chi connectivity index (χ3v) is 23.7. The highest BCUT2D eigenvalue weighted by Gasteiger charge is 2.42. The maximum Gasteiger partial charge on any atom is 0.312 e. The minimum atomic E-state index is -1.65. The molecule has 53 heteroatoms. The van der Waals surface area contributed by atoms with Crippen molar-refractivity contribution in [3.63, 3.8) is 0 Å². The zero-order chi connectivity index (χ0) is 106. The summed E-state index contributed by atoms with van der Waals surface area (Å²) in [5.74, 6) is -15.5. The van der Waals surface area contributed by atoms with Gasteiger partial charge in [-0.2, -0.15) is 25.3 Å². The number of unbranched alkanes of at least 4 members (excludes halogenated alkanes) is 2. The van der Waals surface area contributed by atoms with Gasteiger partial charge >= 0.3 is 12.1 Å². The monoisotopic (exact) mass is 2040 g/mol. The van der Waals surface area contributed by atoms with Gasteiger partial charge < -0.3 is 168 Å². The van der Waals surface area contributed by atoms with Crippen molar-refractivity contribution in [3.8, 4) is 11.5 Å². The van der Waals surface area contributed by atoms with E-state index in [2.05, 4.69) is 121 Å². The molecule has 1 aliphatic rings. The molecule has 1 saturated heterocycles. The highest BCUT2D eigenvalue weighted by atomic mass is 32.1. The van der Waals surface area contributed by atoms with Crippen LogP contribution in [-0.2, 0) is 86.4 Å². The van der Waals surface area contributed by atoms with Crippen molar-refractivity contribution in [2.75, 3.05) is 70.4 Å². The van der Waals surface area contributed by atoms with Gasteiger partial charge in [-0.25, -0.2) is 9.59 Å². The molecule has 14 atom stereocenters. The number of fused-ring (bicyclic) bond motifs is 1. The molecule has 0 radical (unpaired) electrons. The Kier molecular flexibility index (Phi) is 53.3. The summed E-state index contributed by atoms with van der Waals surface area (Å²) in [6.07, 6.45) is 0.0777. The fourth-order valence-corrected chi connectivity index (χ4v) is 15.8. The summed E-state index contributed by atoms with van der Waals surface area (Å²) in [4.78, 5) is 230. The van der Waals surface area contributed by atoms with Crippen LogP contribution in [0.5, 0.6) is 11.5 Å². The van der Waals surface area contributed by atoms with Gasteiger partial charge in [0.2, 0.25) is 82.7 Å². The van der Waals surface area contributed by atoms with Crippen molar-refractivity contribution >= 4 is 155 Å². The number of hydrogen-bond donors (Lipinski definition) is 36. The van der Waals surface area contributed by atoms with Crippen LogP contribution in [-0.4, -0.2) is 289 Å². The molecule has 1 aliphatic heterocycles. The number of phenolic OH excluding ortho intramolecular Hbond substituents is 2. The zero-order valence-corrected chi connectivity index (χ0v) is 81.6. The Morgan fingerprint density at radius 1 is 0.336 bits per heavy atom. The van der Waals surface area contributed by atoms with Crippen LogP contribution in [0, 0.1) is 21.6 Å². The lowest BCUT2D eigenvalue weighted by molar-refractivity contribution is -0.142. The first-order valence-corrected chi connectivity index (χ1v) is 48.4. The number of benzene rings is 4. The fourth-order valence-electron chi connectivity index (χ4n) is 15.3. The molecule has 0 saturated carbocycles. The largest absolute Gasteiger partial charge is 0.508 e. The molecule has 0 spiro atoms. The second-order valence-corrected chi connectivity index (χ2v) is 35.0. The van der Waals surface area contributed by atoms with Crippen LogP contribution < -0.4 is 153 Å². The van der Waals surface area contributed by atoms with E-state index in [0.29, 0.717) is 36.0 Å². The molecule has 51 nitrogen and oxygen atoms in total. The SMILES string of the molecule is N=C(N)NCCC[C@H](NC(=O)[C@H](CS)NC(=O)[C@H](CCCNC(N)=O)NC(=O)[C@H](CCCNC(=N)N)NC(=O)[C@H](Cc1ccc(O)cc1)NC(=O)[C@@H]1CCCN1C(=O)[C@H](CCCCN)NC(=O)[C@H](CCCCN)NC(=O)[C@H](CCCNC(N)=O)NC(=O)[C@H](Cc1ccc(O)cc1)NC(=O)[C@H](CS)NC(=O)[C@H](Cc1ccc2ccccc2c1)NC(=O)[C@H](CCCNC(=N)N)NC(=O)[C@@H](N)CCCNC(=N)N)C(N)=O. The lowest BCUT2D eigenvalue weighted by atomic mass is 10.00. The number of thiol groups is 2. The highest BCUT2D eigenvalue weighted by Crippen LogP contribution is 2.24. The Morgan fingerprint density at radius 2 is 0.629 bits per heavy atom. The number of rotatable bonds is 66. The minimum absolute atomic E-state index is 0.00174. The lowest BCUT2D eigenvalue weighted by Gasteiger charge is -2.31. The number of hydrogen-bond acceptors (Lipinski definition) is 27. The van der Waals surface area contributed by atoms with Crippen LogP contribution in [0.2, 0.25) is 0 Å².